The summed E-state index contributed by atoms with van der Waals surface area (Å²) in [7, 11) is 0. The molecule has 1 unspecified atom stereocenters. The smallest absolute Gasteiger partial charge is 0.0168 e. The second-order valence-electron chi connectivity index (χ2n) is 2.88. The average molecular weight is 124 g/mol. The molecule has 0 heteroatoms. The van der Waals surface area contributed by atoms with E-state index < -0.39 is 0 Å². The molecule has 1 rings (SSSR count). The minimum Gasteiger partial charge on any atom is -0.0850 e. The molecule has 0 radical (unpaired) electrons. The number of unbranched alkanes of at least 4 members (excludes halogenated alkanes) is 1. The van der Waals surface area contributed by atoms with Crippen molar-refractivity contribution in [3.63, 3.8) is 0 Å². The van der Waals surface area contributed by atoms with E-state index in [-0.39, 0.29) is 0 Å². The van der Waals surface area contributed by atoms with Crippen molar-refractivity contribution in [1.82, 2.24) is 0 Å². The Morgan fingerprint density at radius 3 is 2.78 bits per heavy atom. The van der Waals surface area contributed by atoms with Gasteiger partial charge in [0.2, 0.25) is 0 Å². The predicted octanol–water partition coefficient (Wildman–Crippen LogP) is 3.14. The third kappa shape index (κ3) is 1.85. The normalized spacial score (nSPS) is 29.1. The van der Waals surface area contributed by atoms with Crippen molar-refractivity contribution in [3.8, 4) is 0 Å². The monoisotopic (exact) mass is 124 g/mol. The lowest BCUT2D eigenvalue weighted by atomic mass is 10.2. The summed E-state index contributed by atoms with van der Waals surface area (Å²) in [6, 6.07) is 0. The summed E-state index contributed by atoms with van der Waals surface area (Å²) in [6.45, 7) is 4.51. The van der Waals surface area contributed by atoms with Crippen molar-refractivity contribution in [2.45, 2.75) is 39.5 Å². The zero-order valence-corrected chi connectivity index (χ0v) is 6.48. The van der Waals surface area contributed by atoms with Gasteiger partial charge in [-0.25, -0.2) is 0 Å². The van der Waals surface area contributed by atoms with Crippen LogP contribution in [0.1, 0.15) is 39.5 Å². The van der Waals surface area contributed by atoms with E-state index in [4.69, 9.17) is 0 Å². The highest BCUT2D eigenvalue weighted by Gasteiger charge is 2.25. The first-order valence-corrected chi connectivity index (χ1v) is 4.07. The minimum absolute atomic E-state index is 0.983. The fraction of sp³-hybridized carbons (Fsp3) is 0.778. The molecule has 1 atom stereocenters. The Kier molecular flexibility index (Phi) is 2.32. The quantitative estimate of drug-likeness (QED) is 0.507. The lowest BCUT2D eigenvalue weighted by Crippen LogP contribution is -1.66. The molecule has 0 aromatic heterocycles. The van der Waals surface area contributed by atoms with Crippen molar-refractivity contribution in [3.05, 3.63) is 11.6 Å². The van der Waals surface area contributed by atoms with E-state index in [1.54, 1.807) is 5.57 Å². The summed E-state index contributed by atoms with van der Waals surface area (Å²) < 4.78 is 0. The first-order chi connectivity index (χ1) is 4.38. The number of hydrogen-bond acceptors (Lipinski definition) is 0. The Hall–Kier alpha value is -0.260. The van der Waals surface area contributed by atoms with Crippen LogP contribution in [0.5, 0.6) is 0 Å². The van der Waals surface area contributed by atoms with E-state index in [0.29, 0.717) is 0 Å². The second-order valence-corrected chi connectivity index (χ2v) is 2.88. The summed E-state index contributed by atoms with van der Waals surface area (Å²) in [4.78, 5) is 0. The Balaban J connectivity index is 2.15. The summed E-state index contributed by atoms with van der Waals surface area (Å²) >= 11 is 0. The highest BCUT2D eigenvalue weighted by molar-refractivity contribution is 5.22. The van der Waals surface area contributed by atoms with E-state index in [0.717, 1.165) is 5.92 Å². The molecule has 0 aromatic rings. The summed E-state index contributed by atoms with van der Waals surface area (Å²) in [5.74, 6) is 0.983. The van der Waals surface area contributed by atoms with E-state index in [1.165, 1.54) is 25.7 Å². The fourth-order valence-corrected chi connectivity index (χ4v) is 1.21. The molecule has 0 N–H and O–H groups in total. The van der Waals surface area contributed by atoms with Crippen LogP contribution in [0.4, 0.5) is 0 Å². The van der Waals surface area contributed by atoms with Crippen LogP contribution < -0.4 is 0 Å². The molecule has 1 fully saturated rings. The van der Waals surface area contributed by atoms with Gasteiger partial charge in [0.15, 0.2) is 0 Å². The molecule has 0 spiro atoms. The van der Waals surface area contributed by atoms with Crippen LogP contribution in [-0.2, 0) is 0 Å². The maximum absolute atomic E-state index is 2.42. The van der Waals surface area contributed by atoms with Gasteiger partial charge < -0.3 is 0 Å². The summed E-state index contributed by atoms with van der Waals surface area (Å²) in [5, 5.41) is 0. The number of hydrogen-bond donors (Lipinski definition) is 0. The lowest BCUT2D eigenvalue weighted by Gasteiger charge is -1.82. The van der Waals surface area contributed by atoms with Crippen molar-refractivity contribution < 1.29 is 0 Å². The zero-order chi connectivity index (χ0) is 6.69. The van der Waals surface area contributed by atoms with E-state index in [1.807, 2.05) is 0 Å². The molecule has 0 nitrogen and oxygen atoms in total. The molecule has 0 aromatic carbocycles. The van der Waals surface area contributed by atoms with Gasteiger partial charge in [-0.1, -0.05) is 31.9 Å². The van der Waals surface area contributed by atoms with Crippen LogP contribution in [0, 0.1) is 5.92 Å². The maximum Gasteiger partial charge on any atom is -0.0168 e. The van der Waals surface area contributed by atoms with Gasteiger partial charge >= 0.3 is 0 Å². The minimum atomic E-state index is 0.983. The van der Waals surface area contributed by atoms with Crippen LogP contribution in [0.25, 0.3) is 0 Å². The van der Waals surface area contributed by atoms with Gasteiger partial charge in [-0.2, -0.15) is 0 Å². The summed E-state index contributed by atoms with van der Waals surface area (Å²) in [6.07, 6.45) is 7.78. The van der Waals surface area contributed by atoms with Gasteiger partial charge in [-0.15, -0.1) is 0 Å². The molecule has 0 bridgehead atoms. The molecule has 1 aliphatic carbocycles. The Bertz CT molecular complexity index is 111. The predicted molar refractivity (Wildman–Crippen MR) is 41.4 cm³/mol. The largest absolute Gasteiger partial charge is 0.0850 e. The van der Waals surface area contributed by atoms with Gasteiger partial charge in [-0.05, 0) is 25.2 Å². The lowest BCUT2D eigenvalue weighted by molar-refractivity contribution is 0.823. The maximum atomic E-state index is 2.42. The standard InChI is InChI=1S/C9H16/c1-3-5-6-9-7-8(9)4-2/h6,8H,3-5,7H2,1-2H3. The van der Waals surface area contributed by atoms with Crippen LogP contribution >= 0.6 is 0 Å². The van der Waals surface area contributed by atoms with E-state index in [9.17, 15) is 0 Å². The van der Waals surface area contributed by atoms with Crippen molar-refractivity contribution >= 4 is 0 Å². The topological polar surface area (TPSA) is 0 Å². The molecule has 0 aliphatic heterocycles. The van der Waals surface area contributed by atoms with Crippen molar-refractivity contribution in [1.29, 1.82) is 0 Å². The Morgan fingerprint density at radius 2 is 2.33 bits per heavy atom. The third-order valence-corrected chi connectivity index (χ3v) is 2.03. The third-order valence-electron chi connectivity index (χ3n) is 2.03. The molecular formula is C9H16. The van der Waals surface area contributed by atoms with Crippen LogP contribution in [0.2, 0.25) is 0 Å². The Morgan fingerprint density at radius 1 is 1.56 bits per heavy atom. The number of rotatable bonds is 3. The van der Waals surface area contributed by atoms with Gasteiger partial charge in [-0.3, -0.25) is 0 Å². The molecule has 52 valence electrons. The Labute approximate surface area is 58.0 Å². The van der Waals surface area contributed by atoms with E-state index >= 15 is 0 Å². The first-order valence-electron chi connectivity index (χ1n) is 4.07. The fourth-order valence-electron chi connectivity index (χ4n) is 1.21. The number of allylic oxidation sites excluding steroid dienone is 2. The van der Waals surface area contributed by atoms with Crippen LogP contribution in [-0.4, -0.2) is 0 Å². The van der Waals surface area contributed by atoms with Crippen LogP contribution in [0.3, 0.4) is 0 Å². The molecule has 9 heavy (non-hydrogen) atoms. The molecule has 0 amide bonds. The van der Waals surface area contributed by atoms with Gasteiger partial charge in [0.1, 0.15) is 0 Å². The van der Waals surface area contributed by atoms with Gasteiger partial charge in [0, 0.05) is 0 Å². The highest BCUT2D eigenvalue weighted by Crippen LogP contribution is 2.40. The van der Waals surface area contributed by atoms with E-state index in [2.05, 4.69) is 19.9 Å². The molecule has 0 saturated heterocycles. The first kappa shape index (κ1) is 6.85. The molecular weight excluding hydrogens is 108 g/mol. The average Bonchev–Trinajstić information content (AvgIpc) is 2.62. The zero-order valence-electron chi connectivity index (χ0n) is 6.48. The van der Waals surface area contributed by atoms with Gasteiger partial charge in [0.05, 0.1) is 0 Å². The van der Waals surface area contributed by atoms with Crippen molar-refractivity contribution in [2.24, 2.45) is 5.92 Å². The highest BCUT2D eigenvalue weighted by atomic mass is 14.3. The van der Waals surface area contributed by atoms with Crippen molar-refractivity contribution in [2.75, 3.05) is 0 Å². The van der Waals surface area contributed by atoms with Gasteiger partial charge in [0.25, 0.3) is 0 Å². The molecule has 1 aliphatic rings. The summed E-state index contributed by atoms with van der Waals surface area (Å²) in [5.41, 5.74) is 1.72. The van der Waals surface area contributed by atoms with Crippen LogP contribution in [0.15, 0.2) is 11.6 Å². The second kappa shape index (κ2) is 3.05. The molecule has 1 saturated carbocycles. The SMILES string of the molecule is CCCC=C1CC1CC. The molecule has 0 heterocycles.